The first-order chi connectivity index (χ1) is 12.5. The molecule has 9 heteroatoms. The van der Waals surface area contributed by atoms with Crippen molar-refractivity contribution in [2.24, 2.45) is 0 Å². The van der Waals surface area contributed by atoms with Crippen LogP contribution in [-0.4, -0.2) is 36.2 Å². The summed E-state index contributed by atoms with van der Waals surface area (Å²) in [4.78, 5) is 24.1. The number of hydrogen-bond donors (Lipinski definition) is 2. The molecule has 2 atom stereocenters. The van der Waals surface area contributed by atoms with E-state index >= 15 is 0 Å². The van der Waals surface area contributed by atoms with Gasteiger partial charge in [0.25, 0.3) is 0 Å². The molecule has 0 saturated carbocycles. The van der Waals surface area contributed by atoms with Crippen molar-refractivity contribution in [3.8, 4) is 5.75 Å². The van der Waals surface area contributed by atoms with E-state index in [9.17, 15) is 14.2 Å². The van der Waals surface area contributed by atoms with Gasteiger partial charge in [0.1, 0.15) is 17.8 Å². The zero-order chi connectivity index (χ0) is 20.6. The summed E-state index contributed by atoms with van der Waals surface area (Å²) in [7, 11) is -3.85. The highest BCUT2D eigenvalue weighted by atomic mass is 31.2. The van der Waals surface area contributed by atoms with Crippen LogP contribution in [-0.2, 0) is 23.6 Å². The number of ether oxygens (including phenoxy) is 2. The van der Waals surface area contributed by atoms with Crippen molar-refractivity contribution < 1.29 is 28.2 Å². The van der Waals surface area contributed by atoms with Crippen LogP contribution in [0.5, 0.6) is 5.75 Å². The van der Waals surface area contributed by atoms with Crippen molar-refractivity contribution in [2.45, 2.75) is 65.8 Å². The molecule has 0 unspecified atom stereocenters. The molecule has 0 bridgehead atoms. The maximum atomic E-state index is 13.3. The SMILES string of the molecule is CC(C)OC(=O)[C@H](C)NP(=O)(N[C@@H](C)C(=O)OC(C)C)Oc1ccccc1. The van der Waals surface area contributed by atoms with Crippen molar-refractivity contribution in [3.63, 3.8) is 0 Å². The molecule has 1 rings (SSSR count). The summed E-state index contributed by atoms with van der Waals surface area (Å²) >= 11 is 0. The molecule has 0 aromatic heterocycles. The number of carbonyl (C=O) groups excluding carboxylic acids is 2. The molecule has 0 aliphatic heterocycles. The Kier molecular flexibility index (Phi) is 8.96. The third-order valence-electron chi connectivity index (χ3n) is 3.12. The normalized spacial score (nSPS) is 13.9. The topological polar surface area (TPSA) is 103 Å². The van der Waals surface area contributed by atoms with Gasteiger partial charge in [-0.1, -0.05) is 18.2 Å². The Balaban J connectivity index is 2.96. The van der Waals surface area contributed by atoms with Crippen LogP contribution in [0.2, 0.25) is 0 Å². The van der Waals surface area contributed by atoms with E-state index in [0.717, 1.165) is 0 Å². The molecule has 0 saturated heterocycles. The van der Waals surface area contributed by atoms with Crippen LogP contribution in [0.15, 0.2) is 30.3 Å². The Morgan fingerprint density at radius 2 is 1.22 bits per heavy atom. The number of hydrogen-bond acceptors (Lipinski definition) is 6. The minimum Gasteiger partial charge on any atom is -0.462 e. The first-order valence-electron chi connectivity index (χ1n) is 8.83. The third kappa shape index (κ3) is 8.56. The molecule has 8 nitrogen and oxygen atoms in total. The van der Waals surface area contributed by atoms with E-state index in [2.05, 4.69) is 10.2 Å². The largest absolute Gasteiger partial charge is 0.462 e. The molecule has 0 aliphatic carbocycles. The van der Waals surface area contributed by atoms with Gasteiger partial charge in [-0.2, -0.15) is 0 Å². The molecule has 2 N–H and O–H groups in total. The van der Waals surface area contributed by atoms with Crippen LogP contribution in [0.25, 0.3) is 0 Å². The van der Waals surface area contributed by atoms with Gasteiger partial charge in [0, 0.05) is 0 Å². The fourth-order valence-corrected chi connectivity index (χ4v) is 3.83. The quantitative estimate of drug-likeness (QED) is 0.456. The highest BCUT2D eigenvalue weighted by molar-refractivity contribution is 7.55. The lowest BCUT2D eigenvalue weighted by atomic mass is 10.3. The van der Waals surface area contributed by atoms with E-state index in [1.54, 1.807) is 58.0 Å². The number of para-hydroxylation sites is 1. The lowest BCUT2D eigenvalue weighted by molar-refractivity contribution is -0.149. The van der Waals surface area contributed by atoms with E-state index in [1.165, 1.54) is 13.8 Å². The van der Waals surface area contributed by atoms with Crippen molar-refractivity contribution in [1.82, 2.24) is 10.2 Å². The minimum absolute atomic E-state index is 0.315. The maximum absolute atomic E-state index is 13.3. The van der Waals surface area contributed by atoms with Crippen LogP contribution in [0.3, 0.4) is 0 Å². The average molecular weight is 400 g/mol. The van der Waals surface area contributed by atoms with Gasteiger partial charge in [-0.3, -0.25) is 9.59 Å². The van der Waals surface area contributed by atoms with Gasteiger partial charge >= 0.3 is 19.6 Å². The zero-order valence-corrected chi connectivity index (χ0v) is 17.5. The number of nitrogens with one attached hydrogen (secondary N) is 2. The highest BCUT2D eigenvalue weighted by Gasteiger charge is 2.34. The number of benzene rings is 1. The summed E-state index contributed by atoms with van der Waals surface area (Å²) in [5, 5.41) is 5.25. The fraction of sp³-hybridized carbons (Fsp3) is 0.556. The molecule has 1 aromatic carbocycles. The molecule has 0 amide bonds. The third-order valence-corrected chi connectivity index (χ3v) is 5.04. The molecule has 0 heterocycles. The number of esters is 2. The Bertz CT molecular complexity index is 631. The van der Waals surface area contributed by atoms with E-state index in [1.807, 2.05) is 0 Å². The van der Waals surface area contributed by atoms with Crippen molar-refractivity contribution >= 4 is 19.6 Å². The van der Waals surface area contributed by atoms with Gasteiger partial charge in [0.2, 0.25) is 0 Å². The first kappa shape index (κ1) is 23.1. The molecule has 27 heavy (non-hydrogen) atoms. The number of rotatable bonds is 10. The van der Waals surface area contributed by atoms with Gasteiger partial charge < -0.3 is 14.0 Å². The van der Waals surface area contributed by atoms with Crippen molar-refractivity contribution in [1.29, 1.82) is 0 Å². The van der Waals surface area contributed by atoms with Crippen LogP contribution >= 0.6 is 7.67 Å². The molecular formula is C18H29N2O6P. The van der Waals surface area contributed by atoms with Crippen molar-refractivity contribution in [3.05, 3.63) is 30.3 Å². The van der Waals surface area contributed by atoms with Crippen LogP contribution in [0, 0.1) is 0 Å². The molecular weight excluding hydrogens is 371 g/mol. The lowest BCUT2D eigenvalue weighted by Crippen LogP contribution is -2.43. The molecule has 0 radical (unpaired) electrons. The second-order valence-electron chi connectivity index (χ2n) is 6.63. The second kappa shape index (κ2) is 10.4. The monoisotopic (exact) mass is 400 g/mol. The van der Waals surface area contributed by atoms with E-state index in [0.29, 0.717) is 5.75 Å². The van der Waals surface area contributed by atoms with Gasteiger partial charge in [0.05, 0.1) is 12.2 Å². The predicted molar refractivity (Wildman–Crippen MR) is 102 cm³/mol. The summed E-state index contributed by atoms with van der Waals surface area (Å²) in [6.45, 7) is 9.87. The lowest BCUT2D eigenvalue weighted by Gasteiger charge is -2.26. The van der Waals surface area contributed by atoms with E-state index in [4.69, 9.17) is 14.0 Å². The molecule has 152 valence electrons. The summed E-state index contributed by atoms with van der Waals surface area (Å²) in [6, 6.07) is 6.59. The first-order valence-corrected chi connectivity index (χ1v) is 10.5. The van der Waals surface area contributed by atoms with E-state index in [-0.39, 0.29) is 12.2 Å². The maximum Gasteiger partial charge on any atom is 0.391 e. The molecule has 0 spiro atoms. The van der Waals surface area contributed by atoms with Gasteiger partial charge in [-0.05, 0) is 53.7 Å². The molecule has 1 aromatic rings. The summed E-state index contributed by atoms with van der Waals surface area (Å²) in [6.07, 6.45) is -0.631. The second-order valence-corrected chi connectivity index (χ2v) is 8.43. The Labute approximate surface area is 160 Å². The van der Waals surface area contributed by atoms with Gasteiger partial charge in [-0.25, -0.2) is 14.7 Å². The zero-order valence-electron chi connectivity index (χ0n) is 16.6. The molecule has 0 fully saturated rings. The Morgan fingerprint density at radius 1 is 0.815 bits per heavy atom. The fourth-order valence-electron chi connectivity index (χ4n) is 2.00. The Hall–Kier alpha value is -1.89. The highest BCUT2D eigenvalue weighted by Crippen LogP contribution is 2.40. The predicted octanol–water partition coefficient (Wildman–Crippen LogP) is 3.03. The van der Waals surface area contributed by atoms with Crippen molar-refractivity contribution in [2.75, 3.05) is 0 Å². The summed E-state index contributed by atoms with van der Waals surface area (Å²) < 4.78 is 29.1. The van der Waals surface area contributed by atoms with Crippen LogP contribution < -0.4 is 14.7 Å². The summed E-state index contributed by atoms with van der Waals surface area (Å²) in [5.41, 5.74) is 0. The van der Waals surface area contributed by atoms with Gasteiger partial charge in [-0.15, -0.1) is 0 Å². The summed E-state index contributed by atoms with van der Waals surface area (Å²) in [5.74, 6) is -0.850. The molecule has 0 aliphatic rings. The Morgan fingerprint density at radius 3 is 1.59 bits per heavy atom. The van der Waals surface area contributed by atoms with Gasteiger partial charge in [0.15, 0.2) is 0 Å². The average Bonchev–Trinajstić information content (AvgIpc) is 2.53. The van der Waals surface area contributed by atoms with Crippen LogP contribution in [0.4, 0.5) is 0 Å². The smallest absolute Gasteiger partial charge is 0.391 e. The standard InChI is InChI=1S/C18H29N2O6P/c1-12(2)24-17(21)14(5)19-27(23,26-16-10-8-7-9-11-16)20-15(6)18(22)25-13(3)4/h7-15H,1-6H3,(H2,19,20,23)/t14-,15-/m0/s1. The minimum atomic E-state index is -3.85. The van der Waals surface area contributed by atoms with Crippen LogP contribution in [0.1, 0.15) is 41.5 Å². The number of carbonyl (C=O) groups is 2. The van der Waals surface area contributed by atoms with E-state index < -0.39 is 31.7 Å².